The molecule has 17 heavy (non-hydrogen) atoms. The van der Waals surface area contributed by atoms with Crippen LogP contribution in [0.2, 0.25) is 0 Å². The molecule has 3 unspecified atom stereocenters. The van der Waals surface area contributed by atoms with Gasteiger partial charge in [-0.3, -0.25) is 4.79 Å². The summed E-state index contributed by atoms with van der Waals surface area (Å²) < 4.78 is 4.98. The number of carbonyl (C=O) groups excluding carboxylic acids is 1. The van der Waals surface area contributed by atoms with Gasteiger partial charge < -0.3 is 4.74 Å². The summed E-state index contributed by atoms with van der Waals surface area (Å²) in [5, 5.41) is 0. The van der Waals surface area contributed by atoms with Crippen LogP contribution >= 0.6 is 0 Å². The molecule has 3 saturated carbocycles. The van der Waals surface area contributed by atoms with Gasteiger partial charge in [-0.1, -0.05) is 26.0 Å². The van der Waals surface area contributed by atoms with E-state index in [0.29, 0.717) is 30.3 Å². The summed E-state index contributed by atoms with van der Waals surface area (Å²) in [5.41, 5.74) is 1.85. The van der Waals surface area contributed by atoms with Gasteiger partial charge >= 0.3 is 5.97 Å². The van der Waals surface area contributed by atoms with Crippen LogP contribution in [0.4, 0.5) is 0 Å². The monoisotopic (exact) mass is 236 g/mol. The maximum Gasteiger partial charge on any atom is 0.305 e. The van der Waals surface area contributed by atoms with E-state index in [9.17, 15) is 4.79 Å². The van der Waals surface area contributed by atoms with Gasteiger partial charge in [0.1, 0.15) is 0 Å². The van der Waals surface area contributed by atoms with Gasteiger partial charge in [-0.15, -0.1) is 0 Å². The second kappa shape index (κ2) is 4.47. The minimum Gasteiger partial charge on any atom is -0.466 e. The van der Waals surface area contributed by atoms with E-state index < -0.39 is 0 Å². The highest BCUT2D eigenvalue weighted by Crippen LogP contribution is 2.63. The third-order valence-corrected chi connectivity index (χ3v) is 5.01. The van der Waals surface area contributed by atoms with Gasteiger partial charge in [0.05, 0.1) is 6.61 Å². The third-order valence-electron chi connectivity index (χ3n) is 5.01. The molecule has 3 atom stereocenters. The van der Waals surface area contributed by atoms with E-state index in [-0.39, 0.29) is 5.97 Å². The average Bonchev–Trinajstić information content (AvgIpc) is 2.27. The minimum atomic E-state index is -0.0567. The van der Waals surface area contributed by atoms with E-state index in [1.165, 1.54) is 18.4 Å². The van der Waals surface area contributed by atoms with Gasteiger partial charge in [0.15, 0.2) is 0 Å². The molecule has 96 valence electrons. The molecule has 3 rings (SSSR count). The second-order valence-corrected chi connectivity index (χ2v) is 6.16. The Morgan fingerprint density at radius 3 is 2.71 bits per heavy atom. The molecule has 2 nitrogen and oxygen atoms in total. The number of fused-ring (bicyclic) bond motifs is 2. The van der Waals surface area contributed by atoms with E-state index in [0.717, 1.165) is 12.3 Å². The Kier molecular flexibility index (Phi) is 3.33. The maximum absolute atomic E-state index is 11.4. The summed E-state index contributed by atoms with van der Waals surface area (Å²) in [6.45, 7) is 11.3. The van der Waals surface area contributed by atoms with Crippen molar-refractivity contribution in [2.45, 2.75) is 46.5 Å². The number of carbonyl (C=O) groups is 1. The van der Waals surface area contributed by atoms with Crippen LogP contribution in [0.5, 0.6) is 0 Å². The molecule has 0 spiro atoms. The van der Waals surface area contributed by atoms with Gasteiger partial charge in [0, 0.05) is 6.42 Å². The van der Waals surface area contributed by atoms with Crippen LogP contribution in [0.15, 0.2) is 12.2 Å². The van der Waals surface area contributed by atoms with Crippen molar-refractivity contribution in [3.63, 3.8) is 0 Å². The van der Waals surface area contributed by atoms with Crippen LogP contribution in [0.25, 0.3) is 0 Å². The molecular formula is C15H24O2. The van der Waals surface area contributed by atoms with Crippen molar-refractivity contribution in [2.24, 2.45) is 23.2 Å². The smallest absolute Gasteiger partial charge is 0.305 e. The minimum absolute atomic E-state index is 0.0567. The summed E-state index contributed by atoms with van der Waals surface area (Å²) in [5.74, 6) is 2.02. The quantitative estimate of drug-likeness (QED) is 0.551. The fraction of sp³-hybridized carbons (Fsp3) is 0.800. The first kappa shape index (κ1) is 12.7. The molecule has 0 heterocycles. The molecule has 3 aliphatic carbocycles. The summed E-state index contributed by atoms with van der Waals surface area (Å²) in [6.07, 6.45) is 4.03. The zero-order chi connectivity index (χ0) is 12.6. The summed E-state index contributed by atoms with van der Waals surface area (Å²) in [4.78, 5) is 11.4. The Morgan fingerprint density at radius 2 is 2.18 bits per heavy atom. The molecule has 0 amide bonds. The van der Waals surface area contributed by atoms with E-state index in [1.54, 1.807) is 0 Å². The van der Waals surface area contributed by atoms with Gasteiger partial charge in [-0.25, -0.2) is 0 Å². The molecule has 0 aliphatic heterocycles. The van der Waals surface area contributed by atoms with Gasteiger partial charge in [-0.05, 0) is 49.4 Å². The van der Waals surface area contributed by atoms with Crippen molar-refractivity contribution in [2.75, 3.05) is 6.61 Å². The topological polar surface area (TPSA) is 26.3 Å². The number of hydrogen-bond donors (Lipinski definition) is 0. The van der Waals surface area contributed by atoms with Crippen LogP contribution < -0.4 is 0 Å². The van der Waals surface area contributed by atoms with Crippen molar-refractivity contribution < 1.29 is 9.53 Å². The standard InChI is InChI=1S/C15H24O2/c1-5-17-14(16)7-6-11-8-12-9-13(10(11)2)15(12,3)4/h11-13H,2,5-9H2,1,3-4H3. The lowest BCUT2D eigenvalue weighted by atomic mass is 9.45. The molecule has 3 aliphatic rings. The number of esters is 1. The molecule has 3 fully saturated rings. The fourth-order valence-electron chi connectivity index (χ4n) is 3.65. The number of allylic oxidation sites excluding steroid dienone is 1. The highest BCUT2D eigenvalue weighted by atomic mass is 16.5. The van der Waals surface area contributed by atoms with Crippen molar-refractivity contribution in [1.29, 1.82) is 0 Å². The highest BCUT2D eigenvalue weighted by Gasteiger charge is 2.54. The lowest BCUT2D eigenvalue weighted by molar-refractivity contribution is -0.143. The lowest BCUT2D eigenvalue weighted by Crippen LogP contribution is -2.51. The first-order chi connectivity index (χ1) is 7.96. The third kappa shape index (κ3) is 2.14. The van der Waals surface area contributed by atoms with Crippen molar-refractivity contribution in [1.82, 2.24) is 0 Å². The maximum atomic E-state index is 11.4. The first-order valence-corrected chi connectivity index (χ1v) is 6.81. The van der Waals surface area contributed by atoms with Crippen LogP contribution in [0.3, 0.4) is 0 Å². The fourth-order valence-corrected chi connectivity index (χ4v) is 3.65. The molecular weight excluding hydrogens is 212 g/mol. The normalized spacial score (nSPS) is 34.1. The molecule has 0 saturated heterocycles. The molecule has 0 aromatic rings. The summed E-state index contributed by atoms with van der Waals surface area (Å²) >= 11 is 0. The first-order valence-electron chi connectivity index (χ1n) is 6.81. The molecule has 2 heteroatoms. The van der Waals surface area contributed by atoms with Gasteiger partial charge in [0.2, 0.25) is 0 Å². The zero-order valence-corrected chi connectivity index (χ0v) is 11.3. The van der Waals surface area contributed by atoms with Gasteiger partial charge in [0.25, 0.3) is 0 Å². The Hall–Kier alpha value is -0.790. The van der Waals surface area contributed by atoms with Crippen molar-refractivity contribution >= 4 is 5.97 Å². The SMILES string of the molecule is C=C1C(CCC(=O)OCC)CC2CC1C2(C)C. The number of ether oxygens (including phenoxy) is 1. The zero-order valence-electron chi connectivity index (χ0n) is 11.3. The Balaban J connectivity index is 1.85. The predicted molar refractivity (Wildman–Crippen MR) is 68.5 cm³/mol. The predicted octanol–water partition coefficient (Wildman–Crippen LogP) is 3.57. The molecule has 0 N–H and O–H groups in total. The molecule has 0 aromatic heterocycles. The van der Waals surface area contributed by atoms with Crippen LogP contribution in [-0.2, 0) is 9.53 Å². The lowest BCUT2D eigenvalue weighted by Gasteiger charge is -2.60. The van der Waals surface area contributed by atoms with E-state index in [1.807, 2.05) is 6.92 Å². The molecule has 0 aromatic carbocycles. The number of hydrogen-bond acceptors (Lipinski definition) is 2. The van der Waals surface area contributed by atoms with Gasteiger partial charge in [-0.2, -0.15) is 0 Å². The van der Waals surface area contributed by atoms with Crippen molar-refractivity contribution in [3.05, 3.63) is 12.2 Å². The summed E-state index contributed by atoms with van der Waals surface area (Å²) in [7, 11) is 0. The number of rotatable bonds is 4. The van der Waals surface area contributed by atoms with Crippen molar-refractivity contribution in [3.8, 4) is 0 Å². The second-order valence-electron chi connectivity index (χ2n) is 6.16. The highest BCUT2D eigenvalue weighted by molar-refractivity contribution is 5.69. The van der Waals surface area contributed by atoms with Crippen LogP contribution in [0, 0.1) is 23.2 Å². The van der Waals surface area contributed by atoms with E-state index >= 15 is 0 Å². The molecule has 2 bridgehead atoms. The Labute approximate surface area is 104 Å². The van der Waals surface area contributed by atoms with E-state index in [2.05, 4.69) is 20.4 Å². The Morgan fingerprint density at radius 1 is 1.47 bits per heavy atom. The van der Waals surface area contributed by atoms with E-state index in [4.69, 9.17) is 4.74 Å². The molecule has 0 radical (unpaired) electrons. The van der Waals surface area contributed by atoms with Crippen LogP contribution in [0.1, 0.15) is 46.5 Å². The average molecular weight is 236 g/mol. The largest absolute Gasteiger partial charge is 0.466 e. The Bertz CT molecular complexity index is 330. The summed E-state index contributed by atoms with van der Waals surface area (Å²) in [6, 6.07) is 0. The van der Waals surface area contributed by atoms with Crippen LogP contribution in [-0.4, -0.2) is 12.6 Å².